The number of esters is 1. The highest BCUT2D eigenvalue weighted by Crippen LogP contribution is 2.21. The number of carbonyl (C=O) groups excluding carboxylic acids is 2. The van der Waals surface area contributed by atoms with Crippen LogP contribution in [0.1, 0.15) is 29.6 Å². The highest BCUT2D eigenvalue weighted by atomic mass is 16.5. The third kappa shape index (κ3) is 3.81. The van der Waals surface area contributed by atoms with E-state index >= 15 is 0 Å². The third-order valence-electron chi connectivity index (χ3n) is 3.42. The summed E-state index contributed by atoms with van der Waals surface area (Å²) >= 11 is 0. The van der Waals surface area contributed by atoms with E-state index in [0.29, 0.717) is 23.6 Å². The van der Waals surface area contributed by atoms with Gasteiger partial charge in [0.15, 0.2) is 0 Å². The number of benzene rings is 1. The van der Waals surface area contributed by atoms with Crippen molar-refractivity contribution in [1.29, 1.82) is 0 Å². The van der Waals surface area contributed by atoms with Gasteiger partial charge >= 0.3 is 5.97 Å². The highest BCUT2D eigenvalue weighted by molar-refractivity contribution is 6.01. The zero-order valence-corrected chi connectivity index (χ0v) is 11.6. The summed E-state index contributed by atoms with van der Waals surface area (Å²) in [6.07, 6.45) is 2.27. The maximum atomic E-state index is 12.0. The minimum absolute atomic E-state index is 0.0757. The summed E-state index contributed by atoms with van der Waals surface area (Å²) in [5.41, 5.74) is 0.867. The molecular weight excluding hydrogens is 258 g/mol. The Kier molecular flexibility index (Phi) is 5.12. The van der Waals surface area contributed by atoms with Crippen LogP contribution in [0.4, 0.5) is 5.69 Å². The molecule has 0 saturated carbocycles. The van der Waals surface area contributed by atoms with Crippen molar-refractivity contribution >= 4 is 17.6 Å². The first-order chi connectivity index (χ1) is 9.70. The van der Waals surface area contributed by atoms with Crippen molar-refractivity contribution in [2.75, 3.05) is 25.6 Å². The van der Waals surface area contributed by atoms with Crippen LogP contribution in [0.15, 0.2) is 24.3 Å². The first kappa shape index (κ1) is 14.5. The van der Waals surface area contributed by atoms with E-state index in [0.717, 1.165) is 26.1 Å². The Morgan fingerprint density at radius 2 is 2.00 bits per heavy atom. The zero-order chi connectivity index (χ0) is 14.4. The molecule has 1 aromatic carbocycles. The first-order valence-electron chi connectivity index (χ1n) is 6.75. The number of amides is 1. The van der Waals surface area contributed by atoms with Crippen molar-refractivity contribution in [3.63, 3.8) is 0 Å². The van der Waals surface area contributed by atoms with E-state index in [1.807, 2.05) is 0 Å². The van der Waals surface area contributed by atoms with E-state index in [9.17, 15) is 9.59 Å². The van der Waals surface area contributed by atoms with Crippen LogP contribution in [0.25, 0.3) is 0 Å². The smallest absolute Gasteiger partial charge is 0.339 e. The van der Waals surface area contributed by atoms with Gasteiger partial charge in [0.1, 0.15) is 0 Å². The minimum atomic E-state index is -0.452. The van der Waals surface area contributed by atoms with Gasteiger partial charge in [-0.05, 0) is 30.9 Å². The van der Waals surface area contributed by atoms with Crippen LogP contribution in [-0.2, 0) is 14.3 Å². The molecule has 20 heavy (non-hydrogen) atoms. The number of ether oxygens (including phenoxy) is 2. The summed E-state index contributed by atoms with van der Waals surface area (Å²) in [6.45, 7) is 1.44. The van der Waals surface area contributed by atoms with E-state index < -0.39 is 5.97 Å². The van der Waals surface area contributed by atoms with Crippen molar-refractivity contribution in [3.05, 3.63) is 29.8 Å². The van der Waals surface area contributed by atoms with Gasteiger partial charge in [-0.1, -0.05) is 12.1 Å². The van der Waals surface area contributed by atoms with E-state index in [2.05, 4.69) is 5.32 Å². The Labute approximate surface area is 118 Å². The third-order valence-corrected chi connectivity index (χ3v) is 3.42. The van der Waals surface area contributed by atoms with Crippen LogP contribution in [0.2, 0.25) is 0 Å². The maximum Gasteiger partial charge on any atom is 0.339 e. The summed E-state index contributed by atoms with van der Waals surface area (Å²) in [6, 6.07) is 6.85. The maximum absolute atomic E-state index is 12.0. The Bertz CT molecular complexity index is 481. The molecule has 0 aromatic heterocycles. The summed E-state index contributed by atoms with van der Waals surface area (Å²) in [4.78, 5) is 23.7. The number of nitrogens with one attached hydrogen (secondary N) is 1. The number of para-hydroxylation sites is 1. The van der Waals surface area contributed by atoms with Crippen LogP contribution < -0.4 is 5.32 Å². The molecule has 1 aliphatic heterocycles. The molecule has 0 radical (unpaired) electrons. The van der Waals surface area contributed by atoms with Crippen LogP contribution in [0.3, 0.4) is 0 Å². The first-order valence-corrected chi connectivity index (χ1v) is 6.75. The minimum Gasteiger partial charge on any atom is -0.465 e. The van der Waals surface area contributed by atoms with Crippen LogP contribution >= 0.6 is 0 Å². The highest BCUT2D eigenvalue weighted by Gasteiger charge is 2.19. The number of hydrogen-bond acceptors (Lipinski definition) is 4. The molecule has 1 aliphatic rings. The molecule has 1 amide bonds. The van der Waals surface area contributed by atoms with Gasteiger partial charge in [-0.15, -0.1) is 0 Å². The predicted octanol–water partition coefficient (Wildman–Crippen LogP) is 2.23. The fourth-order valence-corrected chi connectivity index (χ4v) is 2.29. The second-order valence-electron chi connectivity index (χ2n) is 4.85. The molecule has 1 saturated heterocycles. The lowest BCUT2D eigenvalue weighted by Crippen LogP contribution is -2.23. The Hall–Kier alpha value is -1.88. The normalized spacial score (nSPS) is 15.7. The van der Waals surface area contributed by atoms with Gasteiger partial charge in [0, 0.05) is 19.6 Å². The number of hydrogen-bond donors (Lipinski definition) is 1. The molecule has 1 fully saturated rings. The van der Waals surface area contributed by atoms with Crippen molar-refractivity contribution in [2.24, 2.45) is 5.92 Å². The number of carbonyl (C=O) groups is 2. The van der Waals surface area contributed by atoms with Gasteiger partial charge in [-0.2, -0.15) is 0 Å². The van der Waals surface area contributed by atoms with Crippen LogP contribution in [0.5, 0.6) is 0 Å². The topological polar surface area (TPSA) is 64.6 Å². The van der Waals surface area contributed by atoms with E-state index in [1.54, 1.807) is 24.3 Å². The Morgan fingerprint density at radius 3 is 2.70 bits per heavy atom. The largest absolute Gasteiger partial charge is 0.465 e. The molecule has 1 aromatic rings. The van der Waals surface area contributed by atoms with Crippen molar-refractivity contribution in [2.45, 2.75) is 19.3 Å². The van der Waals surface area contributed by atoms with Crippen molar-refractivity contribution in [1.82, 2.24) is 0 Å². The van der Waals surface area contributed by atoms with Gasteiger partial charge in [0.25, 0.3) is 0 Å². The molecule has 5 heteroatoms. The van der Waals surface area contributed by atoms with Gasteiger partial charge in [-0.3, -0.25) is 4.79 Å². The van der Waals surface area contributed by atoms with Crippen LogP contribution in [0, 0.1) is 5.92 Å². The Morgan fingerprint density at radius 1 is 1.30 bits per heavy atom. The van der Waals surface area contributed by atoms with E-state index in [-0.39, 0.29) is 5.91 Å². The van der Waals surface area contributed by atoms with Gasteiger partial charge < -0.3 is 14.8 Å². The number of rotatable bonds is 4. The standard InChI is InChI=1S/C15H19NO4/c1-19-15(18)12-4-2-3-5-13(12)16-14(17)10-11-6-8-20-9-7-11/h2-5,11H,6-10H2,1H3,(H,16,17). The van der Waals surface area contributed by atoms with Gasteiger partial charge in [0.05, 0.1) is 18.4 Å². The molecule has 0 spiro atoms. The van der Waals surface area contributed by atoms with Gasteiger partial charge in [0.2, 0.25) is 5.91 Å². The second-order valence-corrected chi connectivity index (χ2v) is 4.85. The molecule has 0 unspecified atom stereocenters. The molecule has 1 heterocycles. The number of anilines is 1. The lowest BCUT2D eigenvalue weighted by molar-refractivity contribution is -0.117. The average Bonchev–Trinajstić information content (AvgIpc) is 2.48. The molecule has 1 N–H and O–H groups in total. The summed E-state index contributed by atoms with van der Waals surface area (Å²) in [5.74, 6) is -0.172. The lowest BCUT2D eigenvalue weighted by Gasteiger charge is -2.21. The van der Waals surface area contributed by atoms with Crippen molar-refractivity contribution < 1.29 is 19.1 Å². The fourth-order valence-electron chi connectivity index (χ4n) is 2.29. The van der Waals surface area contributed by atoms with E-state index in [4.69, 9.17) is 9.47 Å². The molecule has 5 nitrogen and oxygen atoms in total. The monoisotopic (exact) mass is 277 g/mol. The molecule has 108 valence electrons. The summed E-state index contributed by atoms with van der Waals surface area (Å²) in [5, 5.41) is 2.79. The SMILES string of the molecule is COC(=O)c1ccccc1NC(=O)CC1CCOCC1. The zero-order valence-electron chi connectivity index (χ0n) is 11.6. The average molecular weight is 277 g/mol. The summed E-state index contributed by atoms with van der Waals surface area (Å²) in [7, 11) is 1.32. The van der Waals surface area contributed by atoms with Gasteiger partial charge in [-0.25, -0.2) is 4.79 Å². The lowest BCUT2D eigenvalue weighted by atomic mass is 9.96. The molecular formula is C15H19NO4. The van der Waals surface area contributed by atoms with E-state index in [1.165, 1.54) is 7.11 Å². The molecule has 0 bridgehead atoms. The summed E-state index contributed by atoms with van der Waals surface area (Å²) < 4.78 is 9.97. The quantitative estimate of drug-likeness (QED) is 0.857. The van der Waals surface area contributed by atoms with Crippen molar-refractivity contribution in [3.8, 4) is 0 Å². The fraction of sp³-hybridized carbons (Fsp3) is 0.467. The molecule has 0 aliphatic carbocycles. The Balaban J connectivity index is 1.98. The molecule has 2 rings (SSSR count). The second kappa shape index (κ2) is 7.05. The molecule has 0 atom stereocenters. The van der Waals surface area contributed by atoms with Crippen LogP contribution in [-0.4, -0.2) is 32.2 Å². The predicted molar refractivity (Wildman–Crippen MR) is 74.6 cm³/mol. The number of methoxy groups -OCH3 is 1.